The second-order valence-corrected chi connectivity index (χ2v) is 3.06. The van der Waals surface area contributed by atoms with Crippen LogP contribution in [0.3, 0.4) is 0 Å². The van der Waals surface area contributed by atoms with Gasteiger partial charge >= 0.3 is 70.7 Å². The van der Waals surface area contributed by atoms with Gasteiger partial charge < -0.3 is 0 Å². The zero-order chi connectivity index (χ0) is 7.84. The monoisotopic (exact) mass is 214 g/mol. The van der Waals surface area contributed by atoms with Crippen LogP contribution in [0.4, 0.5) is 0 Å². The number of fused-ring (bicyclic) bond motifs is 1. The van der Waals surface area contributed by atoms with Crippen LogP contribution in [0.5, 0.6) is 0 Å². The van der Waals surface area contributed by atoms with Crippen molar-refractivity contribution in [1.29, 1.82) is 0 Å². The summed E-state index contributed by atoms with van der Waals surface area (Å²) in [6.45, 7) is 1.99. The Morgan fingerprint density at radius 1 is 1.27 bits per heavy atom. The molecule has 1 aromatic heterocycles. The number of aryl methyl sites for hydroxylation is 1. The Kier molecular flexibility index (Phi) is 1.48. The molecule has 0 radical (unpaired) electrons. The van der Waals surface area contributed by atoms with Crippen molar-refractivity contribution < 1.29 is 8.83 Å². The van der Waals surface area contributed by atoms with E-state index in [0.717, 1.165) is 16.7 Å². The molecule has 0 saturated carbocycles. The SMILES string of the molecule is Cc1cccc2oc(=[Se])oc12. The number of hydrogen-bond donors (Lipinski definition) is 0. The van der Waals surface area contributed by atoms with Gasteiger partial charge in [-0.25, -0.2) is 0 Å². The minimum absolute atomic E-state index is 0.481. The van der Waals surface area contributed by atoms with Crippen molar-refractivity contribution in [3.05, 3.63) is 28.2 Å². The van der Waals surface area contributed by atoms with Gasteiger partial charge in [0, 0.05) is 0 Å². The van der Waals surface area contributed by atoms with Crippen molar-refractivity contribution in [1.82, 2.24) is 0 Å². The van der Waals surface area contributed by atoms with Gasteiger partial charge in [-0.1, -0.05) is 0 Å². The molecule has 0 aliphatic rings. The average Bonchev–Trinajstić information content (AvgIpc) is 2.31. The summed E-state index contributed by atoms with van der Waals surface area (Å²) < 4.78 is 11.0. The van der Waals surface area contributed by atoms with Crippen LogP contribution in [0.2, 0.25) is 0 Å². The standard InChI is InChI=1S/C8H6O2Se/c1-5-3-2-4-6-7(5)10-8(11)9-6/h2-4H,1H3. The van der Waals surface area contributed by atoms with Crippen molar-refractivity contribution in [2.75, 3.05) is 0 Å². The Labute approximate surface area is 71.2 Å². The fraction of sp³-hybridized carbons (Fsp3) is 0.125. The fourth-order valence-corrected chi connectivity index (χ4v) is 1.39. The zero-order valence-corrected chi connectivity index (χ0v) is 7.67. The van der Waals surface area contributed by atoms with E-state index in [2.05, 4.69) is 15.6 Å². The molecule has 0 spiro atoms. The summed E-state index contributed by atoms with van der Waals surface area (Å²) in [5.41, 5.74) is 2.70. The number of hydrogen-bond acceptors (Lipinski definition) is 2. The van der Waals surface area contributed by atoms with Crippen molar-refractivity contribution in [2.45, 2.75) is 6.92 Å². The molecule has 0 saturated heterocycles. The second kappa shape index (κ2) is 2.36. The Bertz CT molecular complexity index is 439. The summed E-state index contributed by atoms with van der Waals surface area (Å²) in [4.78, 5) is 0. The topological polar surface area (TPSA) is 26.3 Å². The first kappa shape index (κ1) is 6.89. The molecule has 0 amide bonds. The molecule has 2 rings (SSSR count). The predicted molar refractivity (Wildman–Crippen MR) is 42.2 cm³/mol. The third-order valence-electron chi connectivity index (χ3n) is 1.55. The van der Waals surface area contributed by atoms with Gasteiger partial charge in [0.2, 0.25) is 0 Å². The van der Waals surface area contributed by atoms with E-state index in [1.54, 1.807) is 0 Å². The van der Waals surface area contributed by atoms with Crippen LogP contribution in [0.15, 0.2) is 27.0 Å². The van der Waals surface area contributed by atoms with E-state index >= 15 is 0 Å². The van der Waals surface area contributed by atoms with Crippen LogP contribution in [0.1, 0.15) is 5.56 Å². The van der Waals surface area contributed by atoms with Crippen molar-refractivity contribution in [3.63, 3.8) is 0 Å². The molecule has 0 unspecified atom stereocenters. The normalized spacial score (nSPS) is 10.6. The number of para-hydroxylation sites is 1. The summed E-state index contributed by atoms with van der Waals surface area (Å²) in [6, 6.07) is 5.81. The van der Waals surface area contributed by atoms with Gasteiger partial charge in [0.05, 0.1) is 0 Å². The molecule has 0 aliphatic carbocycles. The molecule has 0 N–H and O–H groups in total. The quantitative estimate of drug-likeness (QED) is 0.626. The Hall–Kier alpha value is -0.791. The Morgan fingerprint density at radius 3 is 2.82 bits per heavy atom. The molecule has 3 heteroatoms. The van der Waals surface area contributed by atoms with Crippen LogP contribution in [-0.4, -0.2) is 15.6 Å². The van der Waals surface area contributed by atoms with Crippen molar-refractivity contribution >= 4 is 26.7 Å². The maximum atomic E-state index is 5.28. The van der Waals surface area contributed by atoms with Crippen LogP contribution in [0, 0.1) is 11.4 Å². The van der Waals surface area contributed by atoms with Gasteiger partial charge in [-0.05, 0) is 0 Å². The van der Waals surface area contributed by atoms with Gasteiger partial charge in [-0.3, -0.25) is 0 Å². The third-order valence-corrected chi connectivity index (χ3v) is 1.90. The summed E-state index contributed by atoms with van der Waals surface area (Å²) >= 11 is 2.69. The predicted octanol–water partition coefficient (Wildman–Crippen LogP) is 2.03. The summed E-state index contributed by atoms with van der Waals surface area (Å²) in [5.74, 6) is 0. The fourth-order valence-electron chi connectivity index (χ4n) is 1.03. The van der Waals surface area contributed by atoms with Crippen LogP contribution in [-0.2, 0) is 0 Å². The van der Waals surface area contributed by atoms with Gasteiger partial charge in [0.15, 0.2) is 0 Å². The molecular formula is C8H6O2Se. The molecule has 2 nitrogen and oxygen atoms in total. The van der Waals surface area contributed by atoms with Gasteiger partial charge in [0.1, 0.15) is 0 Å². The van der Waals surface area contributed by atoms with E-state index in [9.17, 15) is 0 Å². The van der Waals surface area contributed by atoms with E-state index in [-0.39, 0.29) is 0 Å². The molecular weight excluding hydrogens is 207 g/mol. The molecule has 11 heavy (non-hydrogen) atoms. The van der Waals surface area contributed by atoms with E-state index in [0.29, 0.717) is 4.46 Å². The van der Waals surface area contributed by atoms with Crippen LogP contribution < -0.4 is 0 Å². The molecule has 0 bridgehead atoms. The third kappa shape index (κ3) is 1.06. The van der Waals surface area contributed by atoms with Gasteiger partial charge in [-0.2, -0.15) is 0 Å². The zero-order valence-electron chi connectivity index (χ0n) is 5.96. The summed E-state index contributed by atoms with van der Waals surface area (Å²) in [5, 5.41) is 0. The Morgan fingerprint density at radius 2 is 2.09 bits per heavy atom. The number of rotatable bonds is 0. The summed E-state index contributed by atoms with van der Waals surface area (Å²) in [6.07, 6.45) is 0. The second-order valence-electron chi connectivity index (χ2n) is 2.36. The van der Waals surface area contributed by atoms with Crippen molar-refractivity contribution in [2.24, 2.45) is 0 Å². The van der Waals surface area contributed by atoms with E-state index < -0.39 is 0 Å². The van der Waals surface area contributed by atoms with Crippen LogP contribution in [0.25, 0.3) is 11.2 Å². The molecule has 2 aromatic rings. The minimum atomic E-state index is 0.481. The molecule has 56 valence electrons. The molecule has 1 aromatic carbocycles. The van der Waals surface area contributed by atoms with Crippen molar-refractivity contribution in [3.8, 4) is 0 Å². The van der Waals surface area contributed by atoms with Gasteiger partial charge in [-0.15, -0.1) is 0 Å². The molecule has 0 fully saturated rings. The maximum absolute atomic E-state index is 5.28. The first-order valence-corrected chi connectivity index (χ1v) is 4.12. The summed E-state index contributed by atoms with van der Waals surface area (Å²) in [7, 11) is 0. The first-order chi connectivity index (χ1) is 5.27. The average molecular weight is 213 g/mol. The molecule has 1 heterocycles. The molecule has 0 atom stereocenters. The molecule has 0 aliphatic heterocycles. The van der Waals surface area contributed by atoms with E-state index in [4.69, 9.17) is 8.83 Å². The van der Waals surface area contributed by atoms with Crippen LogP contribution >= 0.6 is 0 Å². The Balaban J connectivity index is 3.01. The van der Waals surface area contributed by atoms with E-state index in [1.165, 1.54) is 0 Å². The van der Waals surface area contributed by atoms with Gasteiger partial charge in [0.25, 0.3) is 0 Å². The van der Waals surface area contributed by atoms with E-state index in [1.807, 2.05) is 25.1 Å². The first-order valence-electron chi connectivity index (χ1n) is 3.26. The number of benzene rings is 1.